The molecule has 12 heavy (non-hydrogen) atoms. The molecule has 0 aliphatic carbocycles. The Balaban J connectivity index is 2.41. The van der Waals surface area contributed by atoms with E-state index in [1.807, 2.05) is 7.05 Å². The van der Waals surface area contributed by atoms with Gasteiger partial charge in [-0.1, -0.05) is 0 Å². The Morgan fingerprint density at radius 2 is 2.50 bits per heavy atom. The lowest BCUT2D eigenvalue weighted by Gasteiger charge is -1.97. The number of nitrogens with zero attached hydrogens (tertiary/aromatic N) is 3. The predicted octanol–water partition coefficient (Wildman–Crippen LogP) is -0.356. The second-order valence-corrected chi connectivity index (χ2v) is 2.45. The summed E-state index contributed by atoms with van der Waals surface area (Å²) in [4.78, 5) is 4.09. The van der Waals surface area contributed by atoms with Gasteiger partial charge in [0, 0.05) is 7.11 Å². The van der Waals surface area contributed by atoms with E-state index in [0.717, 1.165) is 12.4 Å². The number of rotatable bonds is 5. The van der Waals surface area contributed by atoms with Crippen LogP contribution in [0.25, 0.3) is 0 Å². The highest BCUT2D eigenvalue weighted by atomic mass is 16.5. The van der Waals surface area contributed by atoms with Gasteiger partial charge in [0.05, 0.1) is 19.7 Å². The fourth-order valence-corrected chi connectivity index (χ4v) is 0.865. The highest BCUT2D eigenvalue weighted by molar-refractivity contribution is 4.79. The average Bonchev–Trinajstić information content (AvgIpc) is 2.50. The van der Waals surface area contributed by atoms with Crippen molar-refractivity contribution in [2.75, 3.05) is 20.8 Å². The zero-order chi connectivity index (χ0) is 8.81. The highest BCUT2D eigenvalue weighted by Crippen LogP contribution is 1.88. The first kappa shape index (κ1) is 9.15. The number of ether oxygens (including phenoxy) is 1. The quantitative estimate of drug-likeness (QED) is 0.656. The zero-order valence-corrected chi connectivity index (χ0v) is 7.45. The molecule has 1 N–H and O–H groups in total. The van der Waals surface area contributed by atoms with Gasteiger partial charge in [0.2, 0.25) is 0 Å². The summed E-state index contributed by atoms with van der Waals surface area (Å²) in [5, 5.41) is 7.18. The van der Waals surface area contributed by atoms with E-state index < -0.39 is 0 Å². The van der Waals surface area contributed by atoms with E-state index in [2.05, 4.69) is 15.4 Å². The van der Waals surface area contributed by atoms with Crippen molar-refractivity contribution in [1.82, 2.24) is 20.1 Å². The first-order chi connectivity index (χ1) is 5.86. The van der Waals surface area contributed by atoms with E-state index in [1.54, 1.807) is 18.1 Å². The lowest BCUT2D eigenvalue weighted by atomic mass is 10.6. The molecule has 0 saturated heterocycles. The van der Waals surface area contributed by atoms with Gasteiger partial charge in [-0.15, -0.1) is 0 Å². The van der Waals surface area contributed by atoms with Crippen molar-refractivity contribution in [3.05, 3.63) is 12.2 Å². The minimum atomic E-state index is 0.669. The van der Waals surface area contributed by atoms with E-state index in [1.165, 1.54) is 0 Å². The van der Waals surface area contributed by atoms with Crippen LogP contribution in [0.2, 0.25) is 0 Å². The lowest BCUT2D eigenvalue weighted by Crippen LogP contribution is -2.09. The number of methoxy groups -OCH3 is 1. The third-order valence-electron chi connectivity index (χ3n) is 1.44. The standard InChI is InChI=1S/C7H14N4O/c1-8-5-7-9-6-11(10-7)3-4-12-2/h6,8H,3-5H2,1-2H3. The van der Waals surface area contributed by atoms with Crippen molar-refractivity contribution in [3.8, 4) is 0 Å². The van der Waals surface area contributed by atoms with E-state index in [0.29, 0.717) is 13.2 Å². The molecule has 0 unspecified atom stereocenters. The Labute approximate surface area is 71.7 Å². The molecule has 0 bridgehead atoms. The maximum atomic E-state index is 4.91. The Kier molecular flexibility index (Phi) is 3.69. The van der Waals surface area contributed by atoms with Gasteiger partial charge in [0.15, 0.2) is 5.82 Å². The van der Waals surface area contributed by atoms with Crippen LogP contribution in [0.5, 0.6) is 0 Å². The third-order valence-corrected chi connectivity index (χ3v) is 1.44. The summed E-state index contributed by atoms with van der Waals surface area (Å²) in [6.07, 6.45) is 1.71. The van der Waals surface area contributed by atoms with Gasteiger partial charge >= 0.3 is 0 Å². The molecule has 1 aromatic heterocycles. The van der Waals surface area contributed by atoms with Crippen LogP contribution in [0.3, 0.4) is 0 Å². The molecule has 0 amide bonds. The van der Waals surface area contributed by atoms with Gasteiger partial charge in [-0.2, -0.15) is 5.10 Å². The summed E-state index contributed by atoms with van der Waals surface area (Å²) >= 11 is 0. The molecule has 0 aliphatic rings. The molecule has 1 heterocycles. The molecule has 1 rings (SSSR count). The van der Waals surface area contributed by atoms with Crippen LogP contribution in [0, 0.1) is 0 Å². The summed E-state index contributed by atoms with van der Waals surface area (Å²) in [5.41, 5.74) is 0. The third kappa shape index (κ3) is 2.60. The molecular formula is C7H14N4O. The van der Waals surface area contributed by atoms with E-state index >= 15 is 0 Å². The first-order valence-corrected chi connectivity index (χ1v) is 3.88. The molecule has 0 radical (unpaired) electrons. The van der Waals surface area contributed by atoms with Crippen LogP contribution in [0.1, 0.15) is 5.82 Å². The molecule has 0 aromatic carbocycles. The molecular weight excluding hydrogens is 156 g/mol. The molecule has 0 fully saturated rings. The SMILES string of the molecule is CNCc1ncn(CCOC)n1. The topological polar surface area (TPSA) is 52.0 Å². The van der Waals surface area contributed by atoms with Gasteiger partial charge in [0.1, 0.15) is 6.33 Å². The Hall–Kier alpha value is -0.940. The Morgan fingerprint density at radius 1 is 1.67 bits per heavy atom. The average molecular weight is 170 g/mol. The van der Waals surface area contributed by atoms with Gasteiger partial charge in [0.25, 0.3) is 0 Å². The second-order valence-electron chi connectivity index (χ2n) is 2.45. The molecule has 5 nitrogen and oxygen atoms in total. The van der Waals surface area contributed by atoms with Gasteiger partial charge in [-0.3, -0.25) is 4.68 Å². The normalized spacial score (nSPS) is 10.5. The summed E-state index contributed by atoms with van der Waals surface area (Å²) < 4.78 is 6.68. The highest BCUT2D eigenvalue weighted by Gasteiger charge is 1.97. The van der Waals surface area contributed by atoms with E-state index in [-0.39, 0.29) is 0 Å². The first-order valence-electron chi connectivity index (χ1n) is 3.88. The largest absolute Gasteiger partial charge is 0.383 e. The smallest absolute Gasteiger partial charge is 0.164 e. The van der Waals surface area contributed by atoms with Crippen LogP contribution >= 0.6 is 0 Å². The van der Waals surface area contributed by atoms with Crippen molar-refractivity contribution in [2.45, 2.75) is 13.1 Å². The zero-order valence-electron chi connectivity index (χ0n) is 7.45. The van der Waals surface area contributed by atoms with Crippen LogP contribution in [0.15, 0.2) is 6.33 Å². The minimum Gasteiger partial charge on any atom is -0.383 e. The molecule has 0 saturated carbocycles. The maximum absolute atomic E-state index is 4.91. The van der Waals surface area contributed by atoms with E-state index in [9.17, 15) is 0 Å². The fraction of sp³-hybridized carbons (Fsp3) is 0.714. The van der Waals surface area contributed by atoms with Gasteiger partial charge in [-0.25, -0.2) is 4.98 Å². The fourth-order valence-electron chi connectivity index (χ4n) is 0.865. The Bertz CT molecular complexity index is 223. The molecule has 1 aromatic rings. The maximum Gasteiger partial charge on any atom is 0.164 e. The second kappa shape index (κ2) is 4.84. The Morgan fingerprint density at radius 3 is 3.17 bits per heavy atom. The van der Waals surface area contributed by atoms with Gasteiger partial charge < -0.3 is 10.1 Å². The van der Waals surface area contributed by atoms with Crippen molar-refractivity contribution in [2.24, 2.45) is 0 Å². The van der Waals surface area contributed by atoms with Crippen molar-refractivity contribution in [3.63, 3.8) is 0 Å². The molecule has 0 aliphatic heterocycles. The van der Waals surface area contributed by atoms with Crippen molar-refractivity contribution in [1.29, 1.82) is 0 Å². The molecule has 0 atom stereocenters. The molecule has 68 valence electrons. The number of nitrogens with one attached hydrogen (secondary N) is 1. The monoisotopic (exact) mass is 170 g/mol. The number of aromatic nitrogens is 3. The summed E-state index contributed by atoms with van der Waals surface area (Å²) in [6.45, 7) is 2.13. The predicted molar refractivity (Wildman–Crippen MR) is 44.7 cm³/mol. The van der Waals surface area contributed by atoms with Crippen LogP contribution in [-0.4, -0.2) is 35.5 Å². The van der Waals surface area contributed by atoms with Crippen molar-refractivity contribution >= 4 is 0 Å². The van der Waals surface area contributed by atoms with Crippen LogP contribution in [-0.2, 0) is 17.8 Å². The lowest BCUT2D eigenvalue weighted by molar-refractivity contribution is 0.183. The summed E-state index contributed by atoms with van der Waals surface area (Å²) in [7, 11) is 3.54. The summed E-state index contributed by atoms with van der Waals surface area (Å²) in [5.74, 6) is 0.814. The number of hydrogen-bond acceptors (Lipinski definition) is 4. The number of hydrogen-bond donors (Lipinski definition) is 1. The molecule has 0 spiro atoms. The minimum absolute atomic E-state index is 0.669. The van der Waals surface area contributed by atoms with Crippen molar-refractivity contribution < 1.29 is 4.74 Å². The molecule has 5 heteroatoms. The summed E-state index contributed by atoms with van der Waals surface area (Å²) in [6, 6.07) is 0. The van der Waals surface area contributed by atoms with E-state index in [4.69, 9.17) is 4.74 Å². The van der Waals surface area contributed by atoms with Crippen LogP contribution < -0.4 is 5.32 Å². The van der Waals surface area contributed by atoms with Gasteiger partial charge in [-0.05, 0) is 7.05 Å². The van der Waals surface area contributed by atoms with Crippen LogP contribution in [0.4, 0.5) is 0 Å².